The topological polar surface area (TPSA) is 84.7 Å². The Morgan fingerprint density at radius 1 is 1.50 bits per heavy atom. The zero-order valence-electron chi connectivity index (χ0n) is 6.93. The maximum Gasteiger partial charge on any atom is 0.251 e. The number of anilines is 1. The second-order valence-electron chi connectivity index (χ2n) is 2.37. The van der Waals surface area contributed by atoms with Crippen molar-refractivity contribution in [3.05, 3.63) is 28.8 Å². The lowest BCUT2D eigenvalue weighted by molar-refractivity contribution is 0.935. The predicted molar refractivity (Wildman–Crippen MR) is 55.5 cm³/mol. The lowest BCUT2D eigenvalue weighted by Crippen LogP contribution is -2.04. The fourth-order valence-electron chi connectivity index (χ4n) is 0.804. The molecule has 0 spiro atoms. The molecule has 0 atom stereocenters. The number of rotatable bonds is 2. The van der Waals surface area contributed by atoms with Gasteiger partial charge in [0.2, 0.25) is 0 Å². The molecule has 2 aromatic heterocycles. The van der Waals surface area contributed by atoms with E-state index in [1.807, 2.05) is 0 Å². The van der Waals surface area contributed by atoms with E-state index in [1.165, 1.54) is 35.4 Å². The molecule has 0 bridgehead atoms. The number of hydrogen-bond acceptors (Lipinski definition) is 6. The fraction of sp³-hybridized carbons (Fsp3) is 0. The average molecular weight is 226 g/mol. The lowest BCUT2D eigenvalue weighted by atomic mass is 10.7. The van der Waals surface area contributed by atoms with Crippen molar-refractivity contribution < 1.29 is 0 Å². The summed E-state index contributed by atoms with van der Waals surface area (Å²) in [7, 11) is 0. The first kappa shape index (κ1) is 9.22. The van der Waals surface area contributed by atoms with E-state index in [0.717, 1.165) is 4.34 Å². The van der Waals surface area contributed by atoms with Crippen LogP contribution in [0.2, 0.25) is 0 Å². The number of nitrogens with two attached hydrogens (primary N) is 1. The minimum absolute atomic E-state index is 0.174. The molecule has 2 aromatic rings. The van der Waals surface area contributed by atoms with Gasteiger partial charge in [-0.15, -0.1) is 0 Å². The first-order valence-corrected chi connectivity index (χ1v) is 5.32. The first-order valence-electron chi connectivity index (χ1n) is 3.68. The summed E-state index contributed by atoms with van der Waals surface area (Å²) in [6.07, 6.45) is 3.03. The van der Waals surface area contributed by atoms with Gasteiger partial charge in [-0.1, -0.05) is 11.3 Å². The van der Waals surface area contributed by atoms with Gasteiger partial charge in [-0.3, -0.25) is 4.79 Å². The van der Waals surface area contributed by atoms with Gasteiger partial charge in [-0.2, -0.15) is 0 Å². The van der Waals surface area contributed by atoms with E-state index in [-0.39, 0.29) is 5.56 Å². The third-order valence-corrected chi connectivity index (χ3v) is 3.14. The van der Waals surface area contributed by atoms with Crippen LogP contribution in [0.3, 0.4) is 0 Å². The van der Waals surface area contributed by atoms with Gasteiger partial charge in [-0.25, -0.2) is 9.97 Å². The zero-order chi connectivity index (χ0) is 9.97. The quantitative estimate of drug-likeness (QED) is 0.745. The van der Waals surface area contributed by atoms with Crippen LogP contribution in [0, 0.1) is 0 Å². The second kappa shape index (κ2) is 3.81. The Hall–Kier alpha value is -1.34. The molecule has 0 aromatic carbocycles. The standard InChI is InChI=1S/C7H6N4OS2/c8-4-3-10-7(13-4)14-6-9-2-1-5(12)11-6/h1-3H,8H2,(H,9,11,12). The highest BCUT2D eigenvalue weighted by Gasteiger charge is 2.03. The first-order chi connectivity index (χ1) is 6.74. The summed E-state index contributed by atoms with van der Waals surface area (Å²) >= 11 is 2.64. The van der Waals surface area contributed by atoms with Gasteiger partial charge < -0.3 is 10.7 Å². The van der Waals surface area contributed by atoms with Crippen LogP contribution in [-0.2, 0) is 0 Å². The molecule has 0 unspecified atom stereocenters. The van der Waals surface area contributed by atoms with E-state index in [2.05, 4.69) is 15.0 Å². The highest BCUT2D eigenvalue weighted by atomic mass is 32.2. The van der Waals surface area contributed by atoms with Crippen LogP contribution in [0.1, 0.15) is 0 Å². The summed E-state index contributed by atoms with van der Waals surface area (Å²) in [6.45, 7) is 0. The molecule has 7 heteroatoms. The van der Waals surface area contributed by atoms with Crippen LogP contribution in [0.5, 0.6) is 0 Å². The Labute approximate surface area is 87.4 Å². The van der Waals surface area contributed by atoms with Crippen molar-refractivity contribution in [3.63, 3.8) is 0 Å². The van der Waals surface area contributed by atoms with Crippen molar-refractivity contribution in [2.75, 3.05) is 5.73 Å². The molecule has 2 rings (SSSR count). The van der Waals surface area contributed by atoms with Gasteiger partial charge in [-0.05, 0) is 11.8 Å². The lowest BCUT2D eigenvalue weighted by Gasteiger charge is -1.93. The molecule has 0 saturated heterocycles. The molecule has 0 aliphatic carbocycles. The molecule has 5 nitrogen and oxygen atoms in total. The summed E-state index contributed by atoms with van der Waals surface area (Å²) in [5.74, 6) is 0. The van der Waals surface area contributed by atoms with Gasteiger partial charge in [0.15, 0.2) is 9.50 Å². The van der Waals surface area contributed by atoms with Crippen molar-refractivity contribution in [1.29, 1.82) is 0 Å². The Morgan fingerprint density at radius 2 is 2.36 bits per heavy atom. The van der Waals surface area contributed by atoms with Gasteiger partial charge >= 0.3 is 0 Å². The summed E-state index contributed by atoms with van der Waals surface area (Å²) < 4.78 is 0.761. The van der Waals surface area contributed by atoms with E-state index in [0.29, 0.717) is 10.2 Å². The van der Waals surface area contributed by atoms with Gasteiger partial charge in [0, 0.05) is 12.3 Å². The van der Waals surface area contributed by atoms with Gasteiger partial charge in [0.05, 0.1) is 6.20 Å². The van der Waals surface area contributed by atoms with Crippen molar-refractivity contribution in [3.8, 4) is 0 Å². The molecule has 0 aliphatic rings. The second-order valence-corrected chi connectivity index (χ2v) is 4.67. The molecule has 0 fully saturated rings. The molecular weight excluding hydrogens is 220 g/mol. The number of thiazole rings is 1. The number of nitrogens with one attached hydrogen (secondary N) is 1. The number of H-pyrrole nitrogens is 1. The SMILES string of the molecule is Nc1cnc(Sc2nccc(=O)[nH]2)s1. The number of nitrogen functional groups attached to an aromatic ring is 1. The summed E-state index contributed by atoms with van der Waals surface area (Å²) in [5.41, 5.74) is 5.34. The van der Waals surface area contributed by atoms with Crippen molar-refractivity contribution in [2.45, 2.75) is 9.50 Å². The van der Waals surface area contributed by atoms with E-state index < -0.39 is 0 Å². The van der Waals surface area contributed by atoms with E-state index in [4.69, 9.17) is 5.73 Å². The highest BCUT2D eigenvalue weighted by Crippen LogP contribution is 2.28. The van der Waals surface area contributed by atoms with Crippen LogP contribution in [0.25, 0.3) is 0 Å². The molecule has 0 saturated carbocycles. The number of hydrogen-bond donors (Lipinski definition) is 2. The van der Waals surface area contributed by atoms with Crippen molar-refractivity contribution in [1.82, 2.24) is 15.0 Å². The smallest absolute Gasteiger partial charge is 0.251 e. The van der Waals surface area contributed by atoms with Gasteiger partial charge in [0.1, 0.15) is 5.00 Å². The van der Waals surface area contributed by atoms with E-state index in [9.17, 15) is 4.79 Å². The minimum atomic E-state index is -0.174. The summed E-state index contributed by atoms with van der Waals surface area (Å²) in [6, 6.07) is 1.36. The Balaban J connectivity index is 2.23. The monoisotopic (exact) mass is 226 g/mol. The Morgan fingerprint density at radius 3 is 3.00 bits per heavy atom. The summed E-state index contributed by atoms with van der Waals surface area (Å²) in [4.78, 5) is 21.5. The maximum atomic E-state index is 10.9. The normalized spacial score (nSPS) is 10.3. The molecule has 14 heavy (non-hydrogen) atoms. The number of aromatic nitrogens is 3. The molecule has 3 N–H and O–H groups in total. The van der Waals surface area contributed by atoms with Crippen molar-refractivity contribution in [2.24, 2.45) is 0 Å². The zero-order valence-corrected chi connectivity index (χ0v) is 8.56. The molecule has 0 aliphatic heterocycles. The Bertz CT molecular complexity index is 492. The highest BCUT2D eigenvalue weighted by molar-refractivity contribution is 8.00. The summed E-state index contributed by atoms with van der Waals surface area (Å²) in [5, 5.41) is 1.16. The molecular formula is C7H6N4OS2. The fourth-order valence-corrected chi connectivity index (χ4v) is 2.44. The number of aromatic amines is 1. The third kappa shape index (κ3) is 2.12. The third-order valence-electron chi connectivity index (χ3n) is 1.33. The van der Waals surface area contributed by atoms with E-state index in [1.54, 1.807) is 6.20 Å². The largest absolute Gasteiger partial charge is 0.389 e. The Kier molecular flexibility index (Phi) is 2.51. The number of nitrogens with zero attached hydrogens (tertiary/aromatic N) is 2. The predicted octanol–water partition coefficient (Wildman–Crippen LogP) is 0.960. The molecule has 0 amide bonds. The molecule has 0 radical (unpaired) electrons. The van der Waals surface area contributed by atoms with E-state index >= 15 is 0 Å². The minimum Gasteiger partial charge on any atom is -0.389 e. The maximum absolute atomic E-state index is 10.9. The average Bonchev–Trinajstić information content (AvgIpc) is 2.51. The van der Waals surface area contributed by atoms with Gasteiger partial charge in [0.25, 0.3) is 5.56 Å². The van der Waals surface area contributed by atoms with Crippen LogP contribution in [-0.4, -0.2) is 15.0 Å². The molecule has 72 valence electrons. The van der Waals surface area contributed by atoms with Crippen LogP contribution < -0.4 is 11.3 Å². The van der Waals surface area contributed by atoms with Crippen LogP contribution in [0.4, 0.5) is 5.00 Å². The van der Waals surface area contributed by atoms with Crippen LogP contribution >= 0.6 is 23.1 Å². The van der Waals surface area contributed by atoms with Crippen LogP contribution in [0.15, 0.2) is 32.8 Å². The van der Waals surface area contributed by atoms with Crippen molar-refractivity contribution >= 4 is 28.1 Å². The molecule has 2 heterocycles.